The first-order valence-electron chi connectivity index (χ1n) is 3.41. The minimum Gasteiger partial charge on any atom is -0.305 e. The highest BCUT2D eigenvalue weighted by molar-refractivity contribution is 9.10. The lowest BCUT2D eigenvalue weighted by Crippen LogP contribution is -1.98. The summed E-state index contributed by atoms with van der Waals surface area (Å²) in [5, 5.41) is 17.4. The first-order valence-corrected chi connectivity index (χ1v) is 4.21. The van der Waals surface area contributed by atoms with Crippen LogP contribution >= 0.6 is 15.9 Å². The molecular weight excluding hydrogens is 232 g/mol. The highest BCUT2D eigenvalue weighted by Crippen LogP contribution is 2.15. The van der Waals surface area contributed by atoms with Crippen molar-refractivity contribution in [2.45, 2.75) is 6.54 Å². The van der Waals surface area contributed by atoms with Gasteiger partial charge in [0, 0.05) is 6.54 Å². The molecule has 0 spiro atoms. The minimum absolute atomic E-state index is 0.135. The summed E-state index contributed by atoms with van der Waals surface area (Å²) in [5.74, 6) is 0. The number of hydrogen-bond donors (Lipinski definition) is 0. The van der Waals surface area contributed by atoms with Gasteiger partial charge in [-0.3, -0.25) is 0 Å². The molecule has 0 fully saturated rings. The number of hydrogen-bond acceptors (Lipinski definition) is 3. The number of aromatic nitrogens is 2. The lowest BCUT2D eigenvalue weighted by Gasteiger charge is -1.98. The molecule has 0 aliphatic heterocycles. The van der Waals surface area contributed by atoms with Crippen molar-refractivity contribution >= 4 is 15.9 Å². The standard InChI is InChI=1S/C8H5BrN4/c1-2-3-13-7(5-11)6(4-10)12-8(13)9/h2H,1,3H2. The molecule has 0 amide bonds. The van der Waals surface area contributed by atoms with Gasteiger partial charge in [-0.05, 0) is 15.9 Å². The Balaban J connectivity index is 3.34. The molecule has 0 N–H and O–H groups in total. The largest absolute Gasteiger partial charge is 0.305 e. The van der Waals surface area contributed by atoms with Crippen LogP contribution in [0.3, 0.4) is 0 Å². The van der Waals surface area contributed by atoms with Gasteiger partial charge in [-0.25, -0.2) is 4.98 Å². The molecule has 0 aliphatic carbocycles. The Hall–Kier alpha value is -1.59. The molecule has 5 heteroatoms. The lowest BCUT2D eigenvalue weighted by atomic mass is 10.3. The summed E-state index contributed by atoms with van der Waals surface area (Å²) >= 11 is 3.15. The van der Waals surface area contributed by atoms with E-state index in [1.165, 1.54) is 0 Å². The fourth-order valence-corrected chi connectivity index (χ4v) is 1.41. The van der Waals surface area contributed by atoms with Crippen LogP contribution in [0.1, 0.15) is 11.4 Å². The molecule has 13 heavy (non-hydrogen) atoms. The third-order valence-electron chi connectivity index (χ3n) is 1.44. The number of halogens is 1. The number of nitrogens with zero attached hydrogens (tertiary/aromatic N) is 4. The second-order valence-corrected chi connectivity index (χ2v) is 2.91. The van der Waals surface area contributed by atoms with E-state index in [0.717, 1.165) is 0 Å². The SMILES string of the molecule is C=CCn1c(Br)nc(C#N)c1C#N. The van der Waals surface area contributed by atoms with Crippen LogP contribution in [0.5, 0.6) is 0 Å². The first kappa shape index (κ1) is 9.50. The maximum atomic E-state index is 8.75. The lowest BCUT2D eigenvalue weighted by molar-refractivity contribution is 0.785. The predicted octanol–water partition coefficient (Wildman–Crippen LogP) is 1.57. The highest BCUT2D eigenvalue weighted by Gasteiger charge is 2.13. The zero-order chi connectivity index (χ0) is 9.84. The third kappa shape index (κ3) is 1.61. The molecule has 0 unspecified atom stereocenters. The Morgan fingerprint density at radius 1 is 1.54 bits per heavy atom. The Morgan fingerprint density at radius 3 is 2.69 bits per heavy atom. The maximum Gasteiger partial charge on any atom is 0.179 e. The number of nitriles is 2. The van der Waals surface area contributed by atoms with Gasteiger partial charge < -0.3 is 4.57 Å². The quantitative estimate of drug-likeness (QED) is 0.733. The molecule has 1 aromatic rings. The summed E-state index contributed by atoms with van der Waals surface area (Å²) in [4.78, 5) is 3.87. The van der Waals surface area contributed by atoms with Crippen LogP contribution in [0.2, 0.25) is 0 Å². The van der Waals surface area contributed by atoms with E-state index in [1.54, 1.807) is 10.6 Å². The molecule has 1 aromatic heterocycles. The summed E-state index contributed by atoms with van der Waals surface area (Å²) in [6.07, 6.45) is 1.63. The van der Waals surface area contributed by atoms with E-state index >= 15 is 0 Å². The van der Waals surface area contributed by atoms with Gasteiger partial charge in [0.2, 0.25) is 0 Å². The van der Waals surface area contributed by atoms with Gasteiger partial charge in [-0.15, -0.1) is 6.58 Å². The molecule has 64 valence electrons. The van der Waals surface area contributed by atoms with E-state index in [4.69, 9.17) is 10.5 Å². The second-order valence-electron chi connectivity index (χ2n) is 2.20. The van der Waals surface area contributed by atoms with Crippen LogP contribution in [0.4, 0.5) is 0 Å². The molecule has 0 bridgehead atoms. The molecule has 0 radical (unpaired) electrons. The zero-order valence-electron chi connectivity index (χ0n) is 6.66. The molecule has 1 rings (SSSR count). The van der Waals surface area contributed by atoms with Crippen LogP contribution in [0, 0.1) is 22.7 Å². The smallest absolute Gasteiger partial charge is 0.179 e. The fourth-order valence-electron chi connectivity index (χ4n) is 0.913. The van der Waals surface area contributed by atoms with Crippen molar-refractivity contribution in [2.24, 2.45) is 0 Å². The monoisotopic (exact) mass is 236 g/mol. The van der Waals surface area contributed by atoms with Crippen LogP contribution in [-0.2, 0) is 6.54 Å². The topological polar surface area (TPSA) is 65.4 Å². The molecule has 0 atom stereocenters. The van der Waals surface area contributed by atoms with Gasteiger partial charge in [-0.2, -0.15) is 10.5 Å². The molecule has 0 saturated carbocycles. The van der Waals surface area contributed by atoms with Gasteiger partial charge in [-0.1, -0.05) is 6.08 Å². The molecule has 0 saturated heterocycles. The van der Waals surface area contributed by atoms with Crippen molar-refractivity contribution in [3.05, 3.63) is 28.8 Å². The van der Waals surface area contributed by atoms with E-state index in [1.807, 2.05) is 12.1 Å². The Kier molecular flexibility index (Phi) is 2.84. The van der Waals surface area contributed by atoms with E-state index in [0.29, 0.717) is 11.3 Å². The predicted molar refractivity (Wildman–Crippen MR) is 49.6 cm³/mol. The van der Waals surface area contributed by atoms with Gasteiger partial charge in [0.05, 0.1) is 0 Å². The van der Waals surface area contributed by atoms with E-state index in [2.05, 4.69) is 27.5 Å². The van der Waals surface area contributed by atoms with Crippen LogP contribution in [0.15, 0.2) is 17.4 Å². The summed E-state index contributed by atoms with van der Waals surface area (Å²) in [6.45, 7) is 4.00. The Labute approximate surface area is 83.9 Å². The number of rotatable bonds is 2. The van der Waals surface area contributed by atoms with Gasteiger partial charge in [0.1, 0.15) is 12.1 Å². The van der Waals surface area contributed by atoms with Crippen LogP contribution in [-0.4, -0.2) is 9.55 Å². The van der Waals surface area contributed by atoms with Crippen molar-refractivity contribution in [1.29, 1.82) is 10.5 Å². The minimum atomic E-state index is 0.135. The summed E-state index contributed by atoms with van der Waals surface area (Å²) in [7, 11) is 0. The van der Waals surface area contributed by atoms with Gasteiger partial charge in [0.15, 0.2) is 16.1 Å². The van der Waals surface area contributed by atoms with E-state index in [-0.39, 0.29) is 11.4 Å². The zero-order valence-corrected chi connectivity index (χ0v) is 8.24. The molecule has 0 aromatic carbocycles. The van der Waals surface area contributed by atoms with Gasteiger partial charge >= 0.3 is 0 Å². The van der Waals surface area contributed by atoms with Gasteiger partial charge in [0.25, 0.3) is 0 Å². The first-order chi connectivity index (χ1) is 6.24. The summed E-state index contributed by atoms with van der Waals surface area (Å²) in [5.41, 5.74) is 0.394. The van der Waals surface area contributed by atoms with Crippen molar-refractivity contribution in [1.82, 2.24) is 9.55 Å². The van der Waals surface area contributed by atoms with E-state index in [9.17, 15) is 0 Å². The molecule has 4 nitrogen and oxygen atoms in total. The second kappa shape index (κ2) is 3.88. The maximum absolute atomic E-state index is 8.75. The van der Waals surface area contributed by atoms with Crippen LogP contribution in [0.25, 0.3) is 0 Å². The number of imidazole rings is 1. The normalized spacial score (nSPS) is 8.85. The summed E-state index contributed by atoms with van der Waals surface area (Å²) in [6, 6.07) is 3.77. The van der Waals surface area contributed by atoms with Crippen molar-refractivity contribution in [3.63, 3.8) is 0 Å². The average Bonchev–Trinajstić information content (AvgIpc) is 2.44. The Morgan fingerprint density at radius 2 is 2.23 bits per heavy atom. The molecular formula is C8H5BrN4. The van der Waals surface area contributed by atoms with Crippen molar-refractivity contribution in [2.75, 3.05) is 0 Å². The van der Waals surface area contributed by atoms with Crippen LogP contribution < -0.4 is 0 Å². The highest BCUT2D eigenvalue weighted by atomic mass is 79.9. The molecule has 0 aliphatic rings. The molecule has 1 heterocycles. The van der Waals surface area contributed by atoms with Crippen molar-refractivity contribution < 1.29 is 0 Å². The Bertz CT molecular complexity index is 419. The third-order valence-corrected chi connectivity index (χ3v) is 2.05. The van der Waals surface area contributed by atoms with Crippen molar-refractivity contribution in [3.8, 4) is 12.1 Å². The average molecular weight is 237 g/mol. The van der Waals surface area contributed by atoms with E-state index < -0.39 is 0 Å². The summed E-state index contributed by atoms with van der Waals surface area (Å²) < 4.78 is 2.05. The fraction of sp³-hybridized carbons (Fsp3) is 0.125. The number of allylic oxidation sites excluding steroid dienone is 1.